The number of hydrogen-bond donors (Lipinski definition) is 0. The van der Waals surface area contributed by atoms with Gasteiger partial charge in [0.25, 0.3) is 0 Å². The highest BCUT2D eigenvalue weighted by atomic mass is 35.5. The van der Waals surface area contributed by atoms with Gasteiger partial charge in [-0.1, -0.05) is 11.6 Å². The van der Waals surface area contributed by atoms with Gasteiger partial charge in [-0.05, 0) is 0 Å². The number of aromatic nitrogens is 2. The van der Waals surface area contributed by atoms with Crippen LogP contribution in [0.3, 0.4) is 0 Å². The Balaban J connectivity index is 1.21. The summed E-state index contributed by atoms with van der Waals surface area (Å²) in [6.07, 6.45) is 6.40. The fraction of sp³-hybridized carbons (Fsp3) is 0.778. The van der Waals surface area contributed by atoms with Crippen LogP contribution in [0.1, 0.15) is 32.1 Å². The number of nitrogens with zero attached hydrogens (tertiary/aromatic N) is 4. The average Bonchev–Trinajstić information content (AvgIpc) is 2.94. The summed E-state index contributed by atoms with van der Waals surface area (Å²) in [5.74, 6) is 1.26. The SMILES string of the molecule is CN(c1nc(Cl)cc(OC2CCOC2)n1)C1C[C@@H]2CC3C4C[C@H](C1)[N+]342. The highest BCUT2D eigenvalue weighted by Gasteiger charge is 2.88. The van der Waals surface area contributed by atoms with E-state index in [0.29, 0.717) is 29.6 Å². The third kappa shape index (κ3) is 1.93. The standard InChI is InChI=1S/C18H24ClN4O2/c1-22(10-4-11-6-14-15-7-12(5-10)23(11,14)15)18-20-16(19)8-17(21-18)25-13-2-3-24-9-13/h8,10-15H,2-7,9H2,1H3/q+1/t10?,11-,12+,13?,14?,15?,23?. The van der Waals surface area contributed by atoms with Crippen molar-refractivity contribution in [3.8, 4) is 5.88 Å². The van der Waals surface area contributed by atoms with Gasteiger partial charge in [-0.3, -0.25) is 0 Å². The molecule has 0 aliphatic carbocycles. The number of fused-ring (bicyclic) bond motifs is 1. The van der Waals surface area contributed by atoms with E-state index in [1.165, 1.54) is 30.2 Å². The molecular weight excluding hydrogens is 340 g/mol. The normalized spacial score (nSPS) is 45.7. The molecule has 1 aromatic heterocycles. The number of quaternary nitrogens is 1. The van der Waals surface area contributed by atoms with E-state index in [2.05, 4.69) is 21.9 Å². The first-order valence-corrected chi connectivity index (χ1v) is 9.93. The first-order chi connectivity index (χ1) is 12.2. The number of ether oxygens (including phenoxy) is 2. The lowest BCUT2D eigenvalue weighted by Gasteiger charge is -2.54. The summed E-state index contributed by atoms with van der Waals surface area (Å²) in [6, 6.07) is 6.08. The van der Waals surface area contributed by atoms with Crippen LogP contribution in [0, 0.1) is 0 Å². The van der Waals surface area contributed by atoms with Gasteiger partial charge >= 0.3 is 0 Å². The third-order valence-electron chi connectivity index (χ3n) is 7.58. The Morgan fingerprint density at radius 3 is 2.60 bits per heavy atom. The minimum atomic E-state index is 0.0737. The minimum Gasteiger partial charge on any atom is -0.472 e. The van der Waals surface area contributed by atoms with Crippen molar-refractivity contribution in [2.75, 3.05) is 25.2 Å². The van der Waals surface area contributed by atoms with Gasteiger partial charge in [0.05, 0.1) is 38.1 Å². The van der Waals surface area contributed by atoms with Crippen molar-refractivity contribution in [3.63, 3.8) is 0 Å². The Bertz CT molecular complexity index is 701. The molecule has 5 saturated heterocycles. The van der Waals surface area contributed by atoms with Gasteiger partial charge in [-0.15, -0.1) is 0 Å². The lowest BCUT2D eigenvalue weighted by molar-refractivity contribution is -0.947. The van der Waals surface area contributed by atoms with Gasteiger partial charge in [-0.2, -0.15) is 4.98 Å². The topological polar surface area (TPSA) is 47.5 Å². The van der Waals surface area contributed by atoms with Crippen LogP contribution in [-0.2, 0) is 4.74 Å². The minimum absolute atomic E-state index is 0.0737. The van der Waals surface area contributed by atoms with Crippen molar-refractivity contribution in [2.24, 2.45) is 0 Å². The zero-order valence-corrected chi connectivity index (χ0v) is 15.2. The monoisotopic (exact) mass is 363 g/mol. The van der Waals surface area contributed by atoms with Crippen molar-refractivity contribution < 1.29 is 14.0 Å². The molecule has 0 amide bonds. The van der Waals surface area contributed by atoms with Gasteiger partial charge in [0.15, 0.2) is 0 Å². The predicted molar refractivity (Wildman–Crippen MR) is 93.0 cm³/mol. The Morgan fingerprint density at radius 2 is 1.96 bits per heavy atom. The average molecular weight is 364 g/mol. The lowest BCUT2D eigenvalue weighted by Crippen LogP contribution is -2.67. The number of halogens is 1. The van der Waals surface area contributed by atoms with E-state index in [9.17, 15) is 0 Å². The van der Waals surface area contributed by atoms with Crippen LogP contribution in [0.15, 0.2) is 6.07 Å². The molecule has 1 aromatic rings. The van der Waals surface area contributed by atoms with Crippen molar-refractivity contribution in [2.45, 2.75) is 68.4 Å². The van der Waals surface area contributed by atoms with Crippen molar-refractivity contribution in [1.29, 1.82) is 0 Å². The molecule has 6 heterocycles. The van der Waals surface area contributed by atoms with Crippen LogP contribution in [0.25, 0.3) is 0 Å². The van der Waals surface area contributed by atoms with E-state index < -0.39 is 0 Å². The third-order valence-corrected chi connectivity index (χ3v) is 7.78. The van der Waals surface area contributed by atoms with Crippen LogP contribution in [0.2, 0.25) is 5.15 Å². The molecule has 0 N–H and O–H groups in total. The first kappa shape index (κ1) is 15.0. The molecule has 5 aliphatic rings. The predicted octanol–water partition coefficient (Wildman–Crippen LogP) is 2.01. The van der Waals surface area contributed by atoms with Gasteiger partial charge in [0, 0.05) is 38.4 Å². The summed E-state index contributed by atoms with van der Waals surface area (Å²) in [7, 11) is 2.11. The summed E-state index contributed by atoms with van der Waals surface area (Å²) >= 11 is 6.25. The molecule has 6 rings (SSSR count). The van der Waals surface area contributed by atoms with Gasteiger partial charge < -0.3 is 18.9 Å². The summed E-state index contributed by atoms with van der Waals surface area (Å²) in [5, 5.41) is 0.448. The quantitative estimate of drug-likeness (QED) is 0.465. The molecule has 5 unspecified atom stereocenters. The maximum Gasteiger partial charge on any atom is 0.230 e. The zero-order valence-electron chi connectivity index (χ0n) is 14.5. The number of anilines is 1. The van der Waals surface area contributed by atoms with Gasteiger partial charge in [0.1, 0.15) is 23.3 Å². The van der Waals surface area contributed by atoms with E-state index in [1.807, 2.05) is 0 Å². The molecule has 7 atom stereocenters. The fourth-order valence-corrected chi connectivity index (χ4v) is 6.53. The maximum atomic E-state index is 6.25. The molecule has 5 aliphatic heterocycles. The molecule has 1 spiro atoms. The van der Waals surface area contributed by atoms with E-state index in [1.54, 1.807) is 6.07 Å². The molecule has 0 aromatic carbocycles. The molecule has 0 bridgehead atoms. The number of piperidine rings is 1. The van der Waals surface area contributed by atoms with Crippen LogP contribution in [0.4, 0.5) is 5.95 Å². The Labute approximate surface area is 152 Å². The molecule has 0 saturated carbocycles. The van der Waals surface area contributed by atoms with Crippen LogP contribution in [0.5, 0.6) is 5.88 Å². The highest BCUT2D eigenvalue weighted by Crippen LogP contribution is 2.71. The molecule has 0 radical (unpaired) electrons. The molecule has 25 heavy (non-hydrogen) atoms. The van der Waals surface area contributed by atoms with E-state index in [-0.39, 0.29) is 6.10 Å². The first-order valence-electron chi connectivity index (χ1n) is 9.56. The smallest absolute Gasteiger partial charge is 0.230 e. The van der Waals surface area contributed by atoms with Crippen LogP contribution < -0.4 is 9.64 Å². The maximum absolute atomic E-state index is 6.25. The van der Waals surface area contributed by atoms with Crippen molar-refractivity contribution in [1.82, 2.24) is 9.97 Å². The van der Waals surface area contributed by atoms with Crippen molar-refractivity contribution in [3.05, 3.63) is 11.2 Å². The molecule has 6 nitrogen and oxygen atoms in total. The van der Waals surface area contributed by atoms with Gasteiger partial charge in [-0.25, -0.2) is 4.98 Å². The second kappa shape index (κ2) is 4.99. The molecule has 7 heteroatoms. The zero-order chi connectivity index (χ0) is 16.8. The van der Waals surface area contributed by atoms with Gasteiger partial charge in [0.2, 0.25) is 11.8 Å². The second-order valence-electron chi connectivity index (χ2n) is 8.48. The summed E-state index contributed by atoms with van der Waals surface area (Å²) in [4.78, 5) is 11.4. The van der Waals surface area contributed by atoms with Crippen molar-refractivity contribution >= 4 is 17.5 Å². The summed E-state index contributed by atoms with van der Waals surface area (Å²) < 4.78 is 12.8. The van der Waals surface area contributed by atoms with E-state index in [0.717, 1.165) is 37.2 Å². The number of rotatable bonds is 4. The lowest BCUT2D eigenvalue weighted by atomic mass is 9.82. The largest absolute Gasteiger partial charge is 0.472 e. The highest BCUT2D eigenvalue weighted by molar-refractivity contribution is 6.29. The molecule has 5 fully saturated rings. The summed E-state index contributed by atoms with van der Waals surface area (Å²) in [6.45, 7) is 1.38. The second-order valence-corrected chi connectivity index (χ2v) is 8.86. The van der Waals surface area contributed by atoms with E-state index in [4.69, 9.17) is 21.1 Å². The molecule has 134 valence electrons. The Hall–Kier alpha value is -1.11. The Kier molecular flexibility index (Phi) is 2.99. The summed E-state index contributed by atoms with van der Waals surface area (Å²) in [5.41, 5.74) is 0. The number of hydrogen-bond acceptors (Lipinski definition) is 5. The van der Waals surface area contributed by atoms with Crippen LogP contribution in [-0.4, -0.2) is 71.0 Å². The fourth-order valence-electron chi connectivity index (χ4n) is 6.37. The van der Waals surface area contributed by atoms with Crippen LogP contribution >= 0.6 is 11.6 Å². The molecular formula is C18H24ClN4O2+. The van der Waals surface area contributed by atoms with E-state index >= 15 is 0 Å². The Morgan fingerprint density at radius 1 is 1.20 bits per heavy atom.